The molecule has 0 aliphatic heterocycles. The Balaban J connectivity index is 0.000000230. The lowest BCUT2D eigenvalue weighted by Gasteiger charge is -2.26. The summed E-state index contributed by atoms with van der Waals surface area (Å²) in [5.74, 6) is -1.23. The first kappa shape index (κ1) is 44.0. The molecule has 6 rings (SSSR count). The molecule has 2 heterocycles. The van der Waals surface area contributed by atoms with Crippen LogP contribution in [0.4, 0.5) is 16.2 Å². The third kappa shape index (κ3) is 12.5. The Morgan fingerprint density at radius 1 is 0.712 bits per heavy atom. The highest BCUT2D eigenvalue weighted by molar-refractivity contribution is 6.30. The molecule has 308 valence electrons. The smallest absolute Gasteiger partial charge is 0.410 e. The maximum atomic E-state index is 13.2. The molecule has 59 heavy (non-hydrogen) atoms. The number of ether oxygens (including phenoxy) is 1. The zero-order chi connectivity index (χ0) is 42.7. The fraction of sp³-hybridized carbons (Fsp3) is 0.279. The lowest BCUT2D eigenvalue weighted by atomic mass is 9.94. The van der Waals surface area contributed by atoms with Gasteiger partial charge in [-0.05, 0) is 119 Å². The minimum atomic E-state index is -0.607. The van der Waals surface area contributed by atoms with Gasteiger partial charge in [-0.2, -0.15) is 0 Å². The number of hydrogen-bond acceptors (Lipinski definition) is 9. The first-order valence-corrected chi connectivity index (χ1v) is 19.5. The number of nitrogens with one attached hydrogen (secondary N) is 5. The quantitative estimate of drug-likeness (QED) is 0.0832. The van der Waals surface area contributed by atoms with Gasteiger partial charge in [0.05, 0.1) is 46.3 Å². The third-order valence-corrected chi connectivity index (χ3v) is 9.64. The topological polar surface area (TPSA) is 191 Å². The van der Waals surface area contributed by atoms with Gasteiger partial charge in [-0.1, -0.05) is 47.5 Å². The van der Waals surface area contributed by atoms with Crippen molar-refractivity contribution in [2.75, 3.05) is 37.8 Å². The van der Waals surface area contributed by atoms with Crippen LogP contribution in [-0.2, 0) is 14.3 Å². The van der Waals surface area contributed by atoms with Crippen molar-refractivity contribution in [2.24, 2.45) is 0 Å². The van der Waals surface area contributed by atoms with E-state index in [0.717, 1.165) is 11.1 Å². The number of anilines is 2. The largest absolute Gasteiger partial charge is 0.444 e. The molecule has 0 saturated carbocycles. The summed E-state index contributed by atoms with van der Waals surface area (Å²) < 4.78 is 5.39. The first-order valence-electron chi connectivity index (χ1n) is 18.8. The number of H-pyrrole nitrogens is 2. The average Bonchev–Trinajstić information content (AvgIpc) is 3.19. The fourth-order valence-corrected chi connectivity index (χ4v) is 6.33. The van der Waals surface area contributed by atoms with Crippen molar-refractivity contribution >= 4 is 74.3 Å². The van der Waals surface area contributed by atoms with E-state index in [4.69, 9.17) is 27.9 Å². The Bertz CT molecular complexity index is 2520. The summed E-state index contributed by atoms with van der Waals surface area (Å²) in [6, 6.07) is 24.3. The zero-order valence-electron chi connectivity index (χ0n) is 33.3. The molecule has 2 atom stereocenters. The molecule has 0 radical (unpaired) electrons. The lowest BCUT2D eigenvalue weighted by molar-refractivity contribution is -0.118. The van der Waals surface area contributed by atoms with E-state index < -0.39 is 17.6 Å². The Labute approximate surface area is 350 Å². The number of rotatable bonds is 12. The molecule has 0 spiro atoms. The number of nitrogens with zero attached hydrogens (tertiary/aromatic N) is 3. The van der Waals surface area contributed by atoms with Gasteiger partial charge in [-0.25, -0.2) is 14.8 Å². The Kier molecular flexibility index (Phi) is 15.0. The second-order valence-electron chi connectivity index (χ2n) is 14.7. The molecular formula is C43H46Cl2N8O6. The molecule has 2 aromatic heterocycles. The Morgan fingerprint density at radius 3 is 1.58 bits per heavy atom. The van der Waals surface area contributed by atoms with Crippen molar-refractivity contribution < 1.29 is 19.1 Å². The van der Waals surface area contributed by atoms with Crippen LogP contribution < -0.4 is 27.1 Å². The summed E-state index contributed by atoms with van der Waals surface area (Å²) >= 11 is 12.0. The number of carbonyl (C=O) groups excluding carboxylic acids is 3. The van der Waals surface area contributed by atoms with Gasteiger partial charge in [0.1, 0.15) is 5.60 Å². The van der Waals surface area contributed by atoms with E-state index in [2.05, 4.69) is 35.9 Å². The molecule has 0 bridgehead atoms. The SMILES string of the molecule is CN(CCC(C(=O)Nc1ccc2c(=O)[nH]cnc2c1)c1ccc(Cl)cc1)C(=O)OC(C)(C)C.CNCCC(C(=O)Nc1ccc2c(=O)[nH]cnc2c1)c1ccc(Cl)cc1. The summed E-state index contributed by atoms with van der Waals surface area (Å²) in [7, 11) is 3.49. The van der Waals surface area contributed by atoms with Crippen LogP contribution >= 0.6 is 23.2 Å². The molecule has 16 heteroatoms. The molecule has 4 aromatic carbocycles. The van der Waals surface area contributed by atoms with E-state index in [1.807, 2.05) is 19.2 Å². The lowest BCUT2D eigenvalue weighted by Crippen LogP contribution is -2.36. The highest BCUT2D eigenvalue weighted by Crippen LogP contribution is 2.27. The highest BCUT2D eigenvalue weighted by atomic mass is 35.5. The predicted octanol–water partition coefficient (Wildman–Crippen LogP) is 7.46. The van der Waals surface area contributed by atoms with E-state index in [9.17, 15) is 24.0 Å². The molecule has 14 nitrogen and oxygen atoms in total. The molecule has 3 amide bonds. The maximum Gasteiger partial charge on any atom is 0.410 e. The minimum absolute atomic E-state index is 0.119. The van der Waals surface area contributed by atoms with Crippen LogP contribution in [0.2, 0.25) is 10.0 Å². The molecular weight excluding hydrogens is 795 g/mol. The average molecular weight is 842 g/mol. The predicted molar refractivity (Wildman–Crippen MR) is 232 cm³/mol. The van der Waals surface area contributed by atoms with Crippen molar-refractivity contribution in [3.63, 3.8) is 0 Å². The van der Waals surface area contributed by atoms with Crippen molar-refractivity contribution in [2.45, 2.75) is 51.0 Å². The number of halogens is 2. The van der Waals surface area contributed by atoms with Crippen molar-refractivity contribution in [1.82, 2.24) is 30.2 Å². The molecule has 5 N–H and O–H groups in total. The van der Waals surface area contributed by atoms with Gasteiger partial charge in [-0.3, -0.25) is 19.2 Å². The molecule has 0 aliphatic rings. The minimum Gasteiger partial charge on any atom is -0.444 e. The van der Waals surface area contributed by atoms with Gasteiger partial charge in [0.15, 0.2) is 0 Å². The summed E-state index contributed by atoms with van der Waals surface area (Å²) in [6.07, 6.45) is 3.23. The van der Waals surface area contributed by atoms with Crippen LogP contribution in [0.1, 0.15) is 56.6 Å². The highest BCUT2D eigenvalue weighted by Gasteiger charge is 2.25. The van der Waals surface area contributed by atoms with Crippen LogP contribution in [0.25, 0.3) is 21.8 Å². The zero-order valence-corrected chi connectivity index (χ0v) is 34.8. The second kappa shape index (κ2) is 20.1. The van der Waals surface area contributed by atoms with Gasteiger partial charge >= 0.3 is 6.09 Å². The Morgan fingerprint density at radius 2 is 1.15 bits per heavy atom. The number of aromatic amines is 2. The number of carbonyl (C=O) groups is 3. The number of hydrogen-bond donors (Lipinski definition) is 5. The van der Waals surface area contributed by atoms with Crippen LogP contribution in [-0.4, -0.2) is 75.5 Å². The van der Waals surface area contributed by atoms with E-state index in [0.29, 0.717) is 69.2 Å². The van der Waals surface area contributed by atoms with Crippen LogP contribution in [0.3, 0.4) is 0 Å². The summed E-state index contributed by atoms with van der Waals surface area (Å²) in [6.45, 7) is 6.42. The van der Waals surface area contributed by atoms with Gasteiger partial charge in [0, 0.05) is 35.0 Å². The second-order valence-corrected chi connectivity index (χ2v) is 15.6. The van der Waals surface area contributed by atoms with Gasteiger partial charge < -0.3 is 35.6 Å². The van der Waals surface area contributed by atoms with Crippen molar-refractivity contribution in [3.05, 3.63) is 139 Å². The standard InChI is InChI=1S/C24H27ClN4O4.C19H19ClN4O2/c1-24(2,3)33-23(32)29(4)12-11-18(15-5-7-16(25)8-6-15)22(31)28-17-9-10-19-20(13-17)26-14-27-21(19)30;1-21-9-8-15(12-2-4-13(20)5-3-12)19(26)24-14-6-7-16-17(10-14)22-11-23-18(16)25/h5-10,13-14,18H,11-12H2,1-4H3,(H,28,31)(H,26,27,30);2-7,10-11,15,21H,8-9H2,1H3,(H,24,26)(H,22,23,25). The van der Waals surface area contributed by atoms with Gasteiger partial charge in [0.2, 0.25) is 11.8 Å². The summed E-state index contributed by atoms with van der Waals surface area (Å²) in [4.78, 5) is 76.8. The fourth-order valence-electron chi connectivity index (χ4n) is 6.08. The van der Waals surface area contributed by atoms with Crippen LogP contribution in [0.15, 0.2) is 107 Å². The summed E-state index contributed by atoms with van der Waals surface area (Å²) in [5.41, 5.74) is 2.73. The van der Waals surface area contributed by atoms with E-state index in [1.54, 1.807) is 101 Å². The summed E-state index contributed by atoms with van der Waals surface area (Å²) in [5, 5.41) is 11.0. The van der Waals surface area contributed by atoms with Crippen LogP contribution in [0.5, 0.6) is 0 Å². The third-order valence-electron chi connectivity index (χ3n) is 9.14. The first-order chi connectivity index (χ1) is 28.1. The van der Waals surface area contributed by atoms with Crippen molar-refractivity contribution in [1.29, 1.82) is 0 Å². The van der Waals surface area contributed by atoms with Gasteiger partial charge in [0.25, 0.3) is 11.1 Å². The van der Waals surface area contributed by atoms with E-state index in [-0.39, 0.29) is 28.9 Å². The van der Waals surface area contributed by atoms with E-state index in [1.165, 1.54) is 17.6 Å². The van der Waals surface area contributed by atoms with Crippen molar-refractivity contribution in [3.8, 4) is 0 Å². The monoisotopic (exact) mass is 840 g/mol. The number of aromatic nitrogens is 4. The maximum absolute atomic E-state index is 13.2. The molecule has 0 fully saturated rings. The normalized spacial score (nSPS) is 12.2. The number of benzene rings is 4. The van der Waals surface area contributed by atoms with E-state index >= 15 is 0 Å². The van der Waals surface area contributed by atoms with Crippen LogP contribution in [0, 0.1) is 0 Å². The van der Waals surface area contributed by atoms with Gasteiger partial charge in [-0.15, -0.1) is 0 Å². The molecule has 2 unspecified atom stereocenters. The number of amides is 3. The number of fused-ring (bicyclic) bond motifs is 2. The Hall–Kier alpha value is -6.09. The molecule has 0 aliphatic carbocycles. The molecule has 0 saturated heterocycles. The molecule has 6 aromatic rings.